The van der Waals surface area contributed by atoms with E-state index >= 15 is 0 Å². The number of nitrogens with zero attached hydrogens (tertiary/aromatic N) is 3. The van der Waals surface area contributed by atoms with Crippen molar-refractivity contribution in [1.29, 1.82) is 0 Å². The molecule has 29 nitrogen and oxygen atoms in total. The monoisotopic (exact) mass is 989 g/mol. The van der Waals surface area contributed by atoms with E-state index in [1.165, 1.54) is 0 Å². The number of ether oxygens (including phenoxy) is 11. The summed E-state index contributed by atoms with van der Waals surface area (Å²) < 4.78 is 62.6. The van der Waals surface area contributed by atoms with Crippen molar-refractivity contribution in [3.8, 4) is 0 Å². The molecule has 2 rings (SSSR count). The summed E-state index contributed by atoms with van der Waals surface area (Å²) in [7, 11) is 0.901. The van der Waals surface area contributed by atoms with Crippen LogP contribution in [0.4, 0.5) is 0 Å². The van der Waals surface area contributed by atoms with E-state index in [1.54, 1.807) is 0 Å². The Kier molecular flexibility index (Phi) is 23.7. The Morgan fingerprint density at radius 2 is 1.33 bits per heavy atom. The van der Waals surface area contributed by atoms with Crippen molar-refractivity contribution in [1.82, 2.24) is 21.3 Å². The van der Waals surface area contributed by atoms with Crippen molar-refractivity contribution in [3.05, 3.63) is 10.4 Å². The highest BCUT2D eigenvalue weighted by Gasteiger charge is 2.60. The van der Waals surface area contributed by atoms with Gasteiger partial charge in [0.2, 0.25) is 23.6 Å². The Hall–Kier alpha value is -6.68. The minimum atomic E-state index is -2.83. The van der Waals surface area contributed by atoms with Crippen molar-refractivity contribution in [2.45, 2.75) is 148 Å². The van der Waals surface area contributed by atoms with Gasteiger partial charge in [0.05, 0.1) is 32.8 Å². The Bertz CT molecular complexity index is 1950. The van der Waals surface area contributed by atoms with Crippen LogP contribution < -0.4 is 21.3 Å². The van der Waals surface area contributed by atoms with Gasteiger partial charge in [-0.05, 0) is 12.0 Å². The molecular formula is C40H59N7O22. The first-order chi connectivity index (χ1) is 32.3. The maximum atomic E-state index is 14.1. The van der Waals surface area contributed by atoms with Crippen LogP contribution in [0.15, 0.2) is 5.11 Å². The minimum absolute atomic E-state index is 0.00730. The van der Waals surface area contributed by atoms with Crippen LogP contribution in [0.2, 0.25) is 0 Å². The Balaban J connectivity index is 2.86. The number of rotatable bonds is 24. The number of nitrogens with one attached hydrogen (secondary N) is 4. The summed E-state index contributed by atoms with van der Waals surface area (Å²) in [5.74, 6) is -13.0. The molecule has 2 aliphatic heterocycles. The van der Waals surface area contributed by atoms with Crippen molar-refractivity contribution in [2.24, 2.45) is 5.11 Å². The minimum Gasteiger partial charge on any atom is -0.465 e. The first kappa shape index (κ1) is 58.4. The smallest absolute Gasteiger partial charge is 0.366 e. The molecule has 69 heavy (non-hydrogen) atoms. The fourth-order valence-corrected chi connectivity index (χ4v) is 7.15. The van der Waals surface area contributed by atoms with Crippen LogP contribution in [0.1, 0.15) is 75.2 Å². The zero-order valence-electron chi connectivity index (χ0n) is 39.6. The summed E-state index contributed by atoms with van der Waals surface area (Å²) in [6.45, 7) is 6.70. The van der Waals surface area contributed by atoms with Crippen LogP contribution in [0.3, 0.4) is 0 Å². The van der Waals surface area contributed by atoms with Gasteiger partial charge < -0.3 is 73.4 Å². The largest absolute Gasteiger partial charge is 0.465 e. The lowest BCUT2D eigenvalue weighted by molar-refractivity contribution is -0.333. The highest BCUT2D eigenvalue weighted by molar-refractivity contribution is 5.87. The molecular weight excluding hydrogens is 930 g/mol. The summed E-state index contributed by atoms with van der Waals surface area (Å²) in [6, 6.07) is -4.56. The predicted molar refractivity (Wildman–Crippen MR) is 224 cm³/mol. The van der Waals surface area contributed by atoms with Crippen molar-refractivity contribution in [3.63, 3.8) is 0 Å². The molecule has 0 aliphatic carbocycles. The van der Waals surface area contributed by atoms with Gasteiger partial charge in [-0.2, -0.15) is 0 Å². The van der Waals surface area contributed by atoms with E-state index in [9.17, 15) is 52.7 Å². The van der Waals surface area contributed by atoms with Gasteiger partial charge in [0, 0.05) is 80.3 Å². The average Bonchev–Trinajstić information content (AvgIpc) is 3.23. The van der Waals surface area contributed by atoms with Gasteiger partial charge in [-0.15, -0.1) is 0 Å². The maximum Gasteiger partial charge on any atom is 0.366 e. The molecule has 29 heteroatoms. The number of methoxy groups -OCH3 is 1. The molecule has 0 unspecified atom stereocenters. The lowest BCUT2D eigenvalue weighted by Gasteiger charge is -2.49. The number of azide groups is 1. The summed E-state index contributed by atoms with van der Waals surface area (Å²) in [4.78, 5) is 143. The molecule has 0 aromatic rings. The Morgan fingerprint density at radius 3 is 1.86 bits per heavy atom. The molecule has 4 N–H and O–H groups in total. The Morgan fingerprint density at radius 1 is 0.739 bits per heavy atom. The summed E-state index contributed by atoms with van der Waals surface area (Å²) in [5.41, 5.74) is 8.54. The van der Waals surface area contributed by atoms with Crippen LogP contribution >= 0.6 is 0 Å². The molecule has 0 aromatic carbocycles. The second-order valence-electron chi connectivity index (χ2n) is 15.3. The normalized spacial score (nSPS) is 25.2. The standard InChI is InChI=1S/C40H59N7O22/c1-18(48)44-27(37(57)42-12-11-13-43-47-41)15-61-38-32(46-20(3)50)35(67-26(9)56)33(65-24(7)54)30(68-38)17-62-40(39(58)59-10)14-28(63-22(5)52)31(45-19(2)49)36(69-40)34(66-25(8)55)29(64-23(6)53)16-60-21(4)51/h27-36,38H,11-17H2,1-10H3,(H,42,57)(H,44,48)(H,45,49)(H,46,50)/t27-,28-,29+,30+,31+,32+,33-,34-,35+,36+,38-,40+/m0/s1. The van der Waals surface area contributed by atoms with Crippen molar-refractivity contribution in [2.75, 3.05) is 40.0 Å². The Labute approximate surface area is 394 Å². The van der Waals surface area contributed by atoms with Crippen LogP contribution in [0, 0.1) is 0 Å². The third-order valence-electron chi connectivity index (χ3n) is 9.51. The lowest BCUT2D eigenvalue weighted by Crippen LogP contribution is -2.70. The predicted octanol–water partition coefficient (Wildman–Crippen LogP) is -2.04. The molecule has 0 saturated carbocycles. The molecule has 4 amide bonds. The van der Waals surface area contributed by atoms with Gasteiger partial charge in [0.25, 0.3) is 5.79 Å². The molecule has 0 aromatic heterocycles. The topological polar surface area (TPSA) is 386 Å². The molecule has 2 heterocycles. The number of esters is 7. The van der Waals surface area contributed by atoms with Gasteiger partial charge in [-0.25, -0.2) is 4.79 Å². The second kappa shape index (κ2) is 28.0. The van der Waals surface area contributed by atoms with Crippen LogP contribution in [0.5, 0.6) is 0 Å². The molecule has 2 aliphatic rings. The molecule has 0 spiro atoms. The molecule has 0 radical (unpaired) electrons. The van der Waals surface area contributed by atoms with Crippen LogP contribution in [-0.4, -0.2) is 178 Å². The van der Waals surface area contributed by atoms with E-state index in [0.717, 1.165) is 69.4 Å². The summed E-state index contributed by atoms with van der Waals surface area (Å²) >= 11 is 0. The third-order valence-corrected chi connectivity index (χ3v) is 9.51. The maximum absolute atomic E-state index is 14.1. The number of carbonyl (C=O) groups excluding carboxylic acids is 11. The first-order valence-electron chi connectivity index (χ1n) is 21.1. The quantitative estimate of drug-likeness (QED) is 0.0202. The molecule has 386 valence electrons. The summed E-state index contributed by atoms with van der Waals surface area (Å²) in [6.07, 6.45) is -14.8. The highest BCUT2D eigenvalue weighted by Crippen LogP contribution is 2.38. The summed E-state index contributed by atoms with van der Waals surface area (Å²) in [5, 5.41) is 13.3. The zero-order valence-corrected chi connectivity index (χ0v) is 39.6. The first-order valence-corrected chi connectivity index (χ1v) is 21.1. The fraction of sp³-hybridized carbons (Fsp3) is 0.725. The van der Waals surface area contributed by atoms with Crippen LogP contribution in [0.25, 0.3) is 10.4 Å². The van der Waals surface area contributed by atoms with Crippen molar-refractivity contribution >= 4 is 65.4 Å². The van der Waals surface area contributed by atoms with Crippen LogP contribution in [-0.2, 0) is 105 Å². The number of carbonyl (C=O) groups is 11. The van der Waals surface area contributed by atoms with Gasteiger partial charge in [-0.1, -0.05) is 5.11 Å². The van der Waals surface area contributed by atoms with Gasteiger partial charge >= 0.3 is 41.8 Å². The van der Waals surface area contributed by atoms with Gasteiger partial charge in [-0.3, -0.25) is 47.9 Å². The molecule has 0 bridgehead atoms. The van der Waals surface area contributed by atoms with E-state index in [2.05, 4.69) is 31.3 Å². The molecule has 12 atom stereocenters. The van der Waals surface area contributed by atoms with E-state index in [1.807, 2.05) is 0 Å². The fourth-order valence-electron chi connectivity index (χ4n) is 7.15. The van der Waals surface area contributed by atoms with Crippen molar-refractivity contribution < 1.29 is 105 Å². The average molecular weight is 990 g/mol. The number of amides is 4. The zero-order chi connectivity index (χ0) is 52.2. The van der Waals surface area contributed by atoms with Gasteiger partial charge in [0.1, 0.15) is 37.0 Å². The number of hydrogen-bond donors (Lipinski definition) is 4. The second-order valence-corrected chi connectivity index (χ2v) is 15.3. The lowest BCUT2D eigenvalue weighted by atomic mass is 9.87. The third kappa shape index (κ3) is 19.1. The van der Waals surface area contributed by atoms with E-state index in [4.69, 9.17) is 57.6 Å². The van der Waals surface area contributed by atoms with E-state index < -0.39 is 165 Å². The van der Waals surface area contributed by atoms with E-state index in [0.29, 0.717) is 0 Å². The van der Waals surface area contributed by atoms with E-state index in [-0.39, 0.29) is 19.5 Å². The molecule has 2 saturated heterocycles. The molecule has 2 fully saturated rings. The highest BCUT2D eigenvalue weighted by atomic mass is 16.8. The number of hydrogen-bond acceptors (Lipinski definition) is 23. The SMILES string of the molecule is COC(=O)[C@@]1(OC[C@H]2O[C@H](OC[C@H](NC(C)=O)C(=O)NCCCN=[N+]=[N-])[C@H](NC(C)=O)[C@@H](OC(C)=O)[C@H]2OC(C)=O)C[C@H](OC(C)=O)[C@@H](NC(C)=O)[C@H]([C@@H](OC(C)=O)[C@@H](COC(C)=O)OC(C)=O)O1. The van der Waals surface area contributed by atoms with Gasteiger partial charge in [0.15, 0.2) is 30.7 Å².